The number of halogens is 1. The number of aryl methyl sites for hydroxylation is 1. The fourth-order valence-corrected chi connectivity index (χ4v) is 2.53. The van der Waals surface area contributed by atoms with Crippen molar-refractivity contribution in [3.8, 4) is 17.2 Å². The second-order valence-corrected chi connectivity index (χ2v) is 5.17. The zero-order valence-electron chi connectivity index (χ0n) is 12.6. The lowest BCUT2D eigenvalue weighted by atomic mass is 10.0. The molecular formula is C15H12BFN6. The van der Waals surface area contributed by atoms with Crippen LogP contribution in [0.2, 0.25) is 0 Å². The molecule has 23 heavy (non-hydrogen) atoms. The number of rotatable bonds is 2. The summed E-state index contributed by atoms with van der Waals surface area (Å²) in [6.45, 7) is 0. The van der Waals surface area contributed by atoms with Gasteiger partial charge in [-0.05, 0) is 24.7 Å². The van der Waals surface area contributed by atoms with Gasteiger partial charge in [-0.15, -0.1) is 0 Å². The number of pyridine rings is 1. The first kappa shape index (κ1) is 14.8. The van der Waals surface area contributed by atoms with Gasteiger partial charge in [-0.1, -0.05) is 6.07 Å². The van der Waals surface area contributed by atoms with Gasteiger partial charge >= 0.3 is 0 Å². The van der Waals surface area contributed by atoms with E-state index in [0.717, 1.165) is 0 Å². The molecule has 0 bridgehead atoms. The summed E-state index contributed by atoms with van der Waals surface area (Å²) in [7, 11) is 9.24. The van der Waals surface area contributed by atoms with E-state index in [-0.39, 0.29) is 11.4 Å². The Morgan fingerprint density at radius 2 is 2.17 bits per heavy atom. The Morgan fingerprint density at radius 3 is 2.83 bits per heavy atom. The molecule has 112 valence electrons. The SMILES string of the molecule is [B]N(C)c1nc(N)c(-c2ccc(F)c(C#N)c2)c2c1ncn2C. The average Bonchev–Trinajstić information content (AvgIpc) is 2.89. The molecule has 0 aliphatic carbocycles. The van der Waals surface area contributed by atoms with Crippen molar-refractivity contribution in [1.29, 1.82) is 5.26 Å². The minimum atomic E-state index is -0.581. The molecule has 2 N–H and O–H groups in total. The number of aromatic nitrogens is 3. The van der Waals surface area contributed by atoms with E-state index < -0.39 is 5.82 Å². The molecule has 0 spiro atoms. The minimum absolute atomic E-state index is 0.0581. The molecule has 0 atom stereocenters. The fourth-order valence-electron chi connectivity index (χ4n) is 2.53. The number of nitriles is 1. The number of nitrogens with zero attached hydrogens (tertiary/aromatic N) is 5. The Labute approximate surface area is 133 Å². The van der Waals surface area contributed by atoms with Gasteiger partial charge in [0, 0.05) is 7.05 Å². The van der Waals surface area contributed by atoms with Crippen LogP contribution in [-0.4, -0.2) is 29.6 Å². The van der Waals surface area contributed by atoms with Crippen LogP contribution in [-0.2, 0) is 7.05 Å². The molecule has 2 radical (unpaired) electrons. The van der Waals surface area contributed by atoms with E-state index in [2.05, 4.69) is 9.97 Å². The summed E-state index contributed by atoms with van der Waals surface area (Å²) in [4.78, 5) is 9.94. The number of imidazole rings is 1. The third-order valence-corrected chi connectivity index (χ3v) is 3.58. The highest BCUT2D eigenvalue weighted by Crippen LogP contribution is 2.36. The first-order chi connectivity index (χ1) is 10.9. The molecule has 0 unspecified atom stereocenters. The van der Waals surface area contributed by atoms with Gasteiger partial charge < -0.3 is 15.1 Å². The van der Waals surface area contributed by atoms with E-state index in [4.69, 9.17) is 19.0 Å². The van der Waals surface area contributed by atoms with Gasteiger partial charge in [0.1, 0.15) is 29.0 Å². The molecule has 0 fully saturated rings. The average molecular weight is 306 g/mol. The third kappa shape index (κ3) is 2.26. The van der Waals surface area contributed by atoms with E-state index >= 15 is 0 Å². The van der Waals surface area contributed by atoms with Crippen molar-refractivity contribution < 1.29 is 4.39 Å². The van der Waals surface area contributed by atoms with Crippen molar-refractivity contribution in [2.45, 2.75) is 0 Å². The Morgan fingerprint density at radius 1 is 1.43 bits per heavy atom. The molecule has 0 saturated carbocycles. The smallest absolute Gasteiger partial charge is 0.228 e. The molecule has 0 amide bonds. The predicted molar refractivity (Wildman–Crippen MR) is 87.2 cm³/mol. The summed E-state index contributed by atoms with van der Waals surface area (Å²) in [5.41, 5.74) is 8.50. The summed E-state index contributed by atoms with van der Waals surface area (Å²) in [6.07, 6.45) is 1.62. The zero-order valence-corrected chi connectivity index (χ0v) is 12.6. The van der Waals surface area contributed by atoms with Gasteiger partial charge in [-0.2, -0.15) is 5.26 Å². The Balaban J connectivity index is 2.39. The number of anilines is 2. The Bertz CT molecular complexity index is 957. The van der Waals surface area contributed by atoms with Crippen LogP contribution in [0.15, 0.2) is 24.5 Å². The molecular weight excluding hydrogens is 294 g/mol. The first-order valence-electron chi connectivity index (χ1n) is 6.73. The van der Waals surface area contributed by atoms with E-state index in [0.29, 0.717) is 28.0 Å². The Hall–Kier alpha value is -3.08. The number of benzene rings is 1. The number of nitrogens with two attached hydrogens (primary N) is 1. The quantitative estimate of drug-likeness (QED) is 0.729. The van der Waals surface area contributed by atoms with Crippen molar-refractivity contribution in [2.75, 3.05) is 17.6 Å². The highest BCUT2D eigenvalue weighted by atomic mass is 19.1. The third-order valence-electron chi connectivity index (χ3n) is 3.58. The van der Waals surface area contributed by atoms with E-state index in [9.17, 15) is 4.39 Å². The topological polar surface area (TPSA) is 83.8 Å². The second-order valence-electron chi connectivity index (χ2n) is 5.17. The van der Waals surface area contributed by atoms with Gasteiger partial charge in [-0.3, -0.25) is 0 Å². The van der Waals surface area contributed by atoms with Crippen molar-refractivity contribution in [2.24, 2.45) is 7.05 Å². The molecule has 2 aromatic heterocycles. The maximum absolute atomic E-state index is 13.6. The lowest BCUT2D eigenvalue weighted by Crippen LogP contribution is -2.15. The minimum Gasteiger partial charge on any atom is -0.411 e. The maximum Gasteiger partial charge on any atom is 0.228 e. The highest BCUT2D eigenvalue weighted by Gasteiger charge is 2.19. The summed E-state index contributed by atoms with van der Waals surface area (Å²) in [5.74, 6) is 0.0794. The lowest BCUT2D eigenvalue weighted by molar-refractivity contribution is 0.624. The zero-order chi connectivity index (χ0) is 16.7. The molecule has 3 rings (SSSR count). The predicted octanol–water partition coefficient (Wildman–Crippen LogP) is 1.75. The van der Waals surface area contributed by atoms with Crippen LogP contribution in [0.1, 0.15) is 5.56 Å². The summed E-state index contributed by atoms with van der Waals surface area (Å²) >= 11 is 0. The van der Waals surface area contributed by atoms with Gasteiger partial charge in [0.25, 0.3) is 0 Å². The van der Waals surface area contributed by atoms with Crippen molar-refractivity contribution in [3.05, 3.63) is 35.9 Å². The summed E-state index contributed by atoms with van der Waals surface area (Å²) in [5, 5.41) is 9.03. The molecule has 0 aliphatic heterocycles. The molecule has 6 nitrogen and oxygen atoms in total. The lowest BCUT2D eigenvalue weighted by Gasteiger charge is -2.16. The van der Waals surface area contributed by atoms with Gasteiger partial charge in [-0.25, -0.2) is 14.4 Å². The summed E-state index contributed by atoms with van der Waals surface area (Å²) < 4.78 is 15.4. The van der Waals surface area contributed by atoms with Crippen molar-refractivity contribution in [1.82, 2.24) is 14.5 Å². The Kier molecular flexibility index (Phi) is 3.41. The highest BCUT2D eigenvalue weighted by molar-refractivity contribution is 6.20. The van der Waals surface area contributed by atoms with Crippen molar-refractivity contribution >= 4 is 30.7 Å². The van der Waals surface area contributed by atoms with E-state index in [1.54, 1.807) is 24.0 Å². The number of hydrogen-bond acceptors (Lipinski definition) is 5. The standard InChI is InChI=1S/C15H12BFN6/c1-22-7-20-12-13(22)11(14(19)21-15(12)23(2)16)8-3-4-10(17)9(5-8)6-18/h3-5,7H,1-2H3,(H2,19,21). The first-order valence-corrected chi connectivity index (χ1v) is 6.73. The van der Waals surface area contributed by atoms with Crippen LogP contribution in [0, 0.1) is 17.1 Å². The number of fused-ring (bicyclic) bond motifs is 1. The molecule has 3 aromatic rings. The molecule has 2 heterocycles. The summed E-state index contributed by atoms with van der Waals surface area (Å²) in [6, 6.07) is 6.06. The van der Waals surface area contributed by atoms with E-state index in [1.165, 1.54) is 16.9 Å². The largest absolute Gasteiger partial charge is 0.411 e. The van der Waals surface area contributed by atoms with Crippen LogP contribution in [0.3, 0.4) is 0 Å². The molecule has 0 saturated heterocycles. The maximum atomic E-state index is 13.6. The van der Waals surface area contributed by atoms with Crippen LogP contribution < -0.4 is 10.5 Å². The van der Waals surface area contributed by atoms with Crippen LogP contribution in [0.25, 0.3) is 22.2 Å². The molecule has 1 aromatic carbocycles. The van der Waals surface area contributed by atoms with Crippen LogP contribution in [0.5, 0.6) is 0 Å². The van der Waals surface area contributed by atoms with Crippen LogP contribution in [0.4, 0.5) is 16.0 Å². The molecule has 8 heteroatoms. The normalized spacial score (nSPS) is 10.7. The fraction of sp³-hybridized carbons (Fsp3) is 0.133. The van der Waals surface area contributed by atoms with E-state index in [1.807, 2.05) is 13.1 Å². The van der Waals surface area contributed by atoms with Gasteiger partial charge in [0.2, 0.25) is 7.98 Å². The second kappa shape index (κ2) is 5.28. The number of hydrogen-bond donors (Lipinski definition) is 1. The number of nitrogen functional groups attached to an aromatic ring is 1. The van der Waals surface area contributed by atoms with Crippen LogP contribution >= 0.6 is 0 Å². The van der Waals surface area contributed by atoms with Gasteiger partial charge in [0.05, 0.1) is 23.0 Å². The molecule has 0 aliphatic rings. The van der Waals surface area contributed by atoms with Gasteiger partial charge in [0.15, 0.2) is 0 Å². The van der Waals surface area contributed by atoms with Crippen molar-refractivity contribution in [3.63, 3.8) is 0 Å². The monoisotopic (exact) mass is 306 g/mol.